The highest BCUT2D eigenvalue weighted by atomic mass is 32.2. The number of carbonyl (C=O) groups excluding carboxylic acids is 4. The van der Waals surface area contributed by atoms with Crippen molar-refractivity contribution in [2.24, 2.45) is 11.3 Å². The molecule has 3 fully saturated rings. The van der Waals surface area contributed by atoms with Crippen molar-refractivity contribution in [3.05, 3.63) is 59.4 Å². The number of Topliss-reactive ketones (excluding diaryl/α,β-unsaturated/α-hetero) is 1. The molecule has 4 aliphatic rings. The van der Waals surface area contributed by atoms with Gasteiger partial charge in [-0.25, -0.2) is 22.8 Å². The summed E-state index contributed by atoms with van der Waals surface area (Å²) in [5.41, 5.74) is -0.570. The molecule has 7 rings (SSSR count). The Labute approximate surface area is 306 Å². The third kappa shape index (κ3) is 7.29. The number of halogens is 1. The van der Waals surface area contributed by atoms with E-state index in [-0.39, 0.29) is 55.2 Å². The second kappa shape index (κ2) is 13.9. The molecule has 53 heavy (non-hydrogen) atoms. The van der Waals surface area contributed by atoms with Gasteiger partial charge in [0, 0.05) is 18.9 Å². The summed E-state index contributed by atoms with van der Waals surface area (Å²) in [5.74, 6) is -2.77. The van der Waals surface area contributed by atoms with E-state index < -0.39 is 67.7 Å². The summed E-state index contributed by atoms with van der Waals surface area (Å²) < 4.78 is 53.5. The number of carbonyl (C=O) groups is 4. The molecule has 3 amide bonds. The van der Waals surface area contributed by atoms with Crippen molar-refractivity contribution in [3.63, 3.8) is 0 Å². The number of ketones is 1. The maximum Gasteiger partial charge on any atom is 0.274 e. The van der Waals surface area contributed by atoms with Crippen LogP contribution in [0.25, 0.3) is 11.0 Å². The molecule has 2 saturated carbocycles. The zero-order valence-electron chi connectivity index (χ0n) is 29.9. The predicted octanol–water partition coefficient (Wildman–Crippen LogP) is 4.00. The second-order valence-electron chi connectivity index (χ2n) is 15.1. The normalized spacial score (nSPS) is 27.9. The maximum atomic E-state index is 14.7. The molecule has 2 aliphatic heterocycles. The number of nitrogens with zero attached hydrogens (tertiary/aromatic N) is 4. The van der Waals surface area contributed by atoms with E-state index in [9.17, 15) is 32.0 Å². The lowest BCUT2D eigenvalue weighted by atomic mass is 9.91. The number of hydrogen-bond acceptors (Lipinski definition) is 11. The fraction of sp³-hybridized carbons (Fsp3) is 0.541. The quantitative estimate of drug-likeness (QED) is 0.332. The van der Waals surface area contributed by atoms with Gasteiger partial charge in [-0.15, -0.1) is 0 Å². The highest BCUT2D eigenvalue weighted by Crippen LogP contribution is 2.57. The first-order valence-corrected chi connectivity index (χ1v) is 19.6. The number of hydrogen-bond donors (Lipinski definition) is 2. The van der Waals surface area contributed by atoms with Crippen molar-refractivity contribution in [2.45, 2.75) is 108 Å². The lowest BCUT2D eigenvalue weighted by Gasteiger charge is -2.29. The molecular weight excluding hydrogens is 708 g/mol. The summed E-state index contributed by atoms with van der Waals surface area (Å²) in [4.78, 5) is 66.2. The SMILES string of the molecule is Cc1cc(C(=O)N[C@H]2CCCCC/C=C\[C@@H]3C[C@@]3(C(=O)NS(=O)(=O)C3(C)CC3)CC(=O)[C@@H]3C[C@@H](Oc4nc5c(F)cccc5nc4C)CN3C2=O)no1. The smallest absolute Gasteiger partial charge is 0.274 e. The van der Waals surface area contributed by atoms with Crippen LogP contribution in [0.5, 0.6) is 5.88 Å². The summed E-state index contributed by atoms with van der Waals surface area (Å²) in [5, 5.41) is 6.58. The Bertz CT molecular complexity index is 2120. The largest absolute Gasteiger partial charge is 0.471 e. The lowest BCUT2D eigenvalue weighted by Crippen LogP contribution is -2.52. The zero-order valence-corrected chi connectivity index (χ0v) is 30.7. The number of aromatic nitrogens is 3. The Balaban J connectivity index is 1.20. The average molecular weight is 751 g/mol. The van der Waals surface area contributed by atoms with Gasteiger partial charge in [0.15, 0.2) is 17.3 Å². The van der Waals surface area contributed by atoms with Gasteiger partial charge in [-0.05, 0) is 77.3 Å². The zero-order chi connectivity index (χ0) is 37.7. The van der Waals surface area contributed by atoms with Crippen molar-refractivity contribution in [2.75, 3.05) is 6.54 Å². The van der Waals surface area contributed by atoms with Crippen molar-refractivity contribution < 1.29 is 41.2 Å². The van der Waals surface area contributed by atoms with Crippen LogP contribution in [0.4, 0.5) is 4.39 Å². The van der Waals surface area contributed by atoms with Crippen LogP contribution in [0.3, 0.4) is 0 Å². The van der Waals surface area contributed by atoms with Crippen LogP contribution in [0.2, 0.25) is 0 Å². The first kappa shape index (κ1) is 36.6. The summed E-state index contributed by atoms with van der Waals surface area (Å²) in [6, 6.07) is 3.77. The van der Waals surface area contributed by atoms with E-state index in [0.717, 1.165) is 12.8 Å². The molecule has 0 unspecified atom stereocenters. The van der Waals surface area contributed by atoms with Crippen LogP contribution < -0.4 is 14.8 Å². The van der Waals surface area contributed by atoms with Gasteiger partial charge in [0.25, 0.3) is 5.91 Å². The molecule has 16 heteroatoms. The van der Waals surface area contributed by atoms with Gasteiger partial charge in [-0.3, -0.25) is 23.9 Å². The molecule has 282 valence electrons. The molecule has 14 nitrogen and oxygen atoms in total. The molecule has 0 bridgehead atoms. The van der Waals surface area contributed by atoms with Gasteiger partial charge in [0.05, 0.1) is 28.3 Å². The summed E-state index contributed by atoms with van der Waals surface area (Å²) in [6.07, 6.45) is 7.02. The lowest BCUT2D eigenvalue weighted by molar-refractivity contribution is -0.140. The minimum absolute atomic E-state index is 0.00640. The van der Waals surface area contributed by atoms with Gasteiger partial charge in [0.2, 0.25) is 27.7 Å². The van der Waals surface area contributed by atoms with Crippen molar-refractivity contribution in [1.29, 1.82) is 0 Å². The summed E-state index contributed by atoms with van der Waals surface area (Å²) in [6.45, 7) is 4.82. The van der Waals surface area contributed by atoms with E-state index in [2.05, 4.69) is 25.2 Å². The van der Waals surface area contributed by atoms with E-state index >= 15 is 0 Å². The second-order valence-corrected chi connectivity index (χ2v) is 17.3. The molecule has 2 aromatic heterocycles. The number of allylic oxidation sites excluding steroid dienone is 2. The Hall–Kier alpha value is -4.73. The van der Waals surface area contributed by atoms with Gasteiger partial charge < -0.3 is 19.5 Å². The number of rotatable bonds is 7. The van der Waals surface area contributed by atoms with Gasteiger partial charge in [0.1, 0.15) is 29.1 Å². The average Bonchev–Trinajstić information content (AvgIpc) is 3.91. The Morgan fingerprint density at radius 3 is 2.64 bits per heavy atom. The minimum Gasteiger partial charge on any atom is -0.471 e. The summed E-state index contributed by atoms with van der Waals surface area (Å²) >= 11 is 0. The molecule has 3 aromatic rings. The number of benzene rings is 1. The van der Waals surface area contributed by atoms with Crippen LogP contribution in [-0.2, 0) is 24.4 Å². The highest BCUT2D eigenvalue weighted by molar-refractivity contribution is 7.91. The van der Waals surface area contributed by atoms with Crippen molar-refractivity contribution in [3.8, 4) is 5.88 Å². The minimum atomic E-state index is -3.97. The third-order valence-electron chi connectivity index (χ3n) is 11.1. The van der Waals surface area contributed by atoms with Crippen LogP contribution in [-0.4, -0.2) is 81.4 Å². The monoisotopic (exact) mass is 750 g/mol. The van der Waals surface area contributed by atoms with Gasteiger partial charge >= 0.3 is 0 Å². The summed E-state index contributed by atoms with van der Waals surface area (Å²) in [7, 11) is -3.97. The third-order valence-corrected chi connectivity index (χ3v) is 13.2. The van der Waals surface area contributed by atoms with E-state index in [0.29, 0.717) is 42.7 Å². The fourth-order valence-electron chi connectivity index (χ4n) is 7.38. The van der Waals surface area contributed by atoms with Crippen LogP contribution in [0.1, 0.15) is 93.1 Å². The number of nitrogens with one attached hydrogen (secondary N) is 2. The molecule has 1 saturated heterocycles. The predicted molar refractivity (Wildman–Crippen MR) is 188 cm³/mol. The Morgan fingerprint density at radius 2 is 1.91 bits per heavy atom. The van der Waals surface area contributed by atoms with E-state index in [1.54, 1.807) is 26.8 Å². The molecule has 2 aliphatic carbocycles. The first-order chi connectivity index (χ1) is 25.2. The number of aryl methyl sites for hydroxylation is 2. The first-order valence-electron chi connectivity index (χ1n) is 18.1. The highest BCUT2D eigenvalue weighted by Gasteiger charge is 2.62. The molecule has 2 N–H and O–H groups in total. The Morgan fingerprint density at radius 1 is 1.11 bits per heavy atom. The number of sulfonamides is 1. The number of fused-ring (bicyclic) bond motifs is 3. The van der Waals surface area contributed by atoms with E-state index in [4.69, 9.17) is 9.26 Å². The molecule has 0 radical (unpaired) electrons. The van der Waals surface area contributed by atoms with Gasteiger partial charge in [-0.1, -0.05) is 36.2 Å². The topological polar surface area (TPSA) is 191 Å². The standard InChI is InChI=1S/C37H43FN6O8S/c1-21-16-28(42-52-21)32(46)40-27-12-8-6-4-5-7-10-23-18-37(23,35(48)43-53(49,50)36(3)14-15-36)19-30(45)29-17-24(20-44(29)34(27)47)51-33-22(2)39-26-13-9-11-25(38)31(26)41-33/h7,9-11,13,16,23-24,27,29H,4-6,8,12,14-15,17-20H2,1-3H3,(H,40,46)(H,43,48)/b10-7-/t23-,24-,27+,29+,37-/m1/s1. The van der Waals surface area contributed by atoms with Crippen LogP contribution in [0, 0.1) is 31.0 Å². The molecule has 5 atom stereocenters. The van der Waals surface area contributed by atoms with Crippen LogP contribution >= 0.6 is 0 Å². The number of amides is 3. The number of para-hydroxylation sites is 1. The number of ether oxygens (including phenoxy) is 1. The van der Waals surface area contributed by atoms with Crippen molar-refractivity contribution in [1.82, 2.24) is 30.1 Å². The van der Waals surface area contributed by atoms with E-state index in [1.807, 2.05) is 12.2 Å². The van der Waals surface area contributed by atoms with Crippen molar-refractivity contribution >= 4 is 44.6 Å². The molecule has 1 aromatic carbocycles. The van der Waals surface area contributed by atoms with Gasteiger partial charge in [-0.2, -0.15) is 0 Å². The molecule has 0 spiro atoms. The van der Waals surface area contributed by atoms with Crippen LogP contribution in [0.15, 0.2) is 40.9 Å². The Kier molecular flexibility index (Phi) is 9.62. The fourth-order valence-corrected chi connectivity index (χ4v) is 8.71. The van der Waals surface area contributed by atoms with E-state index in [1.165, 1.54) is 23.1 Å². The molecular formula is C37H43FN6O8S. The molecule has 4 heterocycles. The maximum absolute atomic E-state index is 14.7.